The van der Waals surface area contributed by atoms with Gasteiger partial charge < -0.3 is 15.4 Å². The fourth-order valence-electron chi connectivity index (χ4n) is 3.26. The molecule has 0 aliphatic carbocycles. The van der Waals surface area contributed by atoms with E-state index in [9.17, 15) is 9.90 Å². The Morgan fingerprint density at radius 1 is 1.14 bits per heavy atom. The summed E-state index contributed by atoms with van der Waals surface area (Å²) in [7, 11) is 0. The lowest BCUT2D eigenvalue weighted by Crippen LogP contribution is -2.33. The van der Waals surface area contributed by atoms with Gasteiger partial charge in [-0.3, -0.25) is 4.90 Å². The molecule has 2 amide bonds. The summed E-state index contributed by atoms with van der Waals surface area (Å²) in [6.07, 6.45) is 0. The summed E-state index contributed by atoms with van der Waals surface area (Å²) in [5.74, 6) is -0.0189. The average molecular weight is 379 g/mol. The van der Waals surface area contributed by atoms with E-state index in [1.807, 2.05) is 42.5 Å². The fourth-order valence-corrected chi connectivity index (χ4v) is 3.26. The number of amides is 2. The number of primary amides is 1. The highest BCUT2D eigenvalue weighted by Crippen LogP contribution is 2.38. The number of para-hydroxylation sites is 1. The van der Waals surface area contributed by atoms with Crippen LogP contribution in [0, 0.1) is 0 Å². The minimum atomic E-state index is -0.898. The molecule has 3 N–H and O–H groups in total. The van der Waals surface area contributed by atoms with Gasteiger partial charge in [0.25, 0.3) is 0 Å². The van der Waals surface area contributed by atoms with Gasteiger partial charge in [0, 0.05) is 31.1 Å². The van der Waals surface area contributed by atoms with Gasteiger partial charge in [-0.2, -0.15) is 0 Å². The highest BCUT2D eigenvalue weighted by molar-refractivity contribution is 5.95. The van der Waals surface area contributed by atoms with Crippen molar-refractivity contribution in [2.45, 2.75) is 33.0 Å². The number of nitrogens with zero attached hydrogens (tertiary/aromatic N) is 4. The van der Waals surface area contributed by atoms with Gasteiger partial charge in [-0.25, -0.2) is 4.79 Å². The van der Waals surface area contributed by atoms with Gasteiger partial charge in [0.2, 0.25) is 5.88 Å². The monoisotopic (exact) mass is 379 g/mol. The molecule has 1 heterocycles. The minimum absolute atomic E-state index is 0.0189. The molecule has 3 rings (SSSR count). The van der Waals surface area contributed by atoms with Crippen LogP contribution >= 0.6 is 0 Å². The van der Waals surface area contributed by atoms with Crippen LogP contribution in [-0.2, 0) is 13.1 Å². The number of aromatic hydroxyl groups is 1. The van der Waals surface area contributed by atoms with Gasteiger partial charge in [0.05, 0.1) is 5.52 Å². The molecule has 146 valence electrons. The predicted molar refractivity (Wildman–Crippen MR) is 110 cm³/mol. The van der Waals surface area contributed by atoms with Crippen LogP contribution in [0.2, 0.25) is 0 Å². The van der Waals surface area contributed by atoms with Gasteiger partial charge in [-0.1, -0.05) is 53.6 Å². The first kappa shape index (κ1) is 19.6. The Balaban J connectivity index is 1.87. The lowest BCUT2D eigenvalue weighted by atomic mass is 10.2. The van der Waals surface area contributed by atoms with Gasteiger partial charge in [-0.15, -0.1) is 5.11 Å². The third kappa shape index (κ3) is 4.37. The SMILES string of the molecule is CC(C)N(CCn1c(O)c(N=NC(N)=O)c2ccccc21)Cc1ccccc1. The van der Waals surface area contributed by atoms with Crippen LogP contribution in [-0.4, -0.2) is 33.2 Å². The van der Waals surface area contributed by atoms with E-state index in [1.165, 1.54) is 5.56 Å². The molecule has 0 saturated carbocycles. The molecule has 0 bridgehead atoms. The molecule has 1 aromatic heterocycles. The third-order valence-corrected chi connectivity index (χ3v) is 4.74. The second-order valence-corrected chi connectivity index (χ2v) is 6.93. The van der Waals surface area contributed by atoms with Crippen LogP contribution in [0.3, 0.4) is 0 Å². The van der Waals surface area contributed by atoms with Gasteiger partial charge in [0.1, 0.15) is 0 Å². The Labute approximate surface area is 164 Å². The summed E-state index contributed by atoms with van der Waals surface area (Å²) >= 11 is 0. The molecular weight excluding hydrogens is 354 g/mol. The van der Waals surface area contributed by atoms with Gasteiger partial charge in [-0.05, 0) is 25.5 Å². The molecular formula is C21H25N5O2. The molecule has 0 unspecified atom stereocenters. The smallest absolute Gasteiger partial charge is 0.356 e. The summed E-state index contributed by atoms with van der Waals surface area (Å²) < 4.78 is 1.80. The highest BCUT2D eigenvalue weighted by Gasteiger charge is 2.18. The average Bonchev–Trinajstić information content (AvgIpc) is 2.95. The fraction of sp³-hybridized carbons (Fsp3) is 0.286. The first-order chi connectivity index (χ1) is 13.5. The molecule has 28 heavy (non-hydrogen) atoms. The molecule has 0 atom stereocenters. The van der Waals surface area contributed by atoms with E-state index in [0.29, 0.717) is 12.6 Å². The summed E-state index contributed by atoms with van der Waals surface area (Å²) in [6.45, 7) is 6.45. The van der Waals surface area contributed by atoms with Crippen molar-refractivity contribution in [3.8, 4) is 5.88 Å². The van der Waals surface area contributed by atoms with E-state index >= 15 is 0 Å². The maximum absolute atomic E-state index is 11.0. The number of carbonyl (C=O) groups is 1. The van der Waals surface area contributed by atoms with Crippen LogP contribution in [0.25, 0.3) is 10.9 Å². The minimum Gasteiger partial charge on any atom is -0.493 e. The van der Waals surface area contributed by atoms with E-state index in [-0.39, 0.29) is 11.6 Å². The molecule has 7 heteroatoms. The molecule has 0 radical (unpaired) electrons. The highest BCUT2D eigenvalue weighted by atomic mass is 16.3. The Morgan fingerprint density at radius 3 is 2.50 bits per heavy atom. The first-order valence-electron chi connectivity index (χ1n) is 9.26. The molecule has 0 spiro atoms. The molecule has 2 aromatic carbocycles. The Morgan fingerprint density at radius 2 is 1.82 bits per heavy atom. The number of azo groups is 1. The number of nitrogens with two attached hydrogens (primary N) is 1. The second-order valence-electron chi connectivity index (χ2n) is 6.93. The summed E-state index contributed by atoms with van der Waals surface area (Å²) in [5.41, 5.74) is 7.39. The van der Waals surface area contributed by atoms with E-state index in [1.54, 1.807) is 4.57 Å². The number of hydrogen-bond acceptors (Lipinski definition) is 4. The quantitative estimate of drug-likeness (QED) is 0.595. The summed E-state index contributed by atoms with van der Waals surface area (Å²) in [6, 6.07) is 17.3. The molecule has 3 aromatic rings. The van der Waals surface area contributed by atoms with Crippen molar-refractivity contribution in [1.82, 2.24) is 9.47 Å². The lowest BCUT2D eigenvalue weighted by molar-refractivity contribution is 0.203. The maximum Gasteiger partial charge on any atom is 0.356 e. The zero-order chi connectivity index (χ0) is 20.1. The zero-order valence-electron chi connectivity index (χ0n) is 16.1. The van der Waals surface area contributed by atoms with Gasteiger partial charge in [0.15, 0.2) is 5.69 Å². The van der Waals surface area contributed by atoms with Crippen molar-refractivity contribution in [1.29, 1.82) is 0 Å². The van der Waals surface area contributed by atoms with E-state index < -0.39 is 6.03 Å². The van der Waals surface area contributed by atoms with E-state index in [2.05, 4.69) is 41.1 Å². The van der Waals surface area contributed by atoms with Gasteiger partial charge >= 0.3 is 6.03 Å². The number of benzene rings is 2. The van der Waals surface area contributed by atoms with E-state index in [0.717, 1.165) is 24.0 Å². The number of fused-ring (bicyclic) bond motifs is 1. The van der Waals surface area contributed by atoms with Crippen molar-refractivity contribution in [2.24, 2.45) is 16.0 Å². The summed E-state index contributed by atoms with van der Waals surface area (Å²) in [5, 5.41) is 18.7. The van der Waals surface area contributed by atoms with Crippen molar-refractivity contribution in [3.63, 3.8) is 0 Å². The Kier molecular flexibility index (Phi) is 6.06. The number of hydrogen-bond donors (Lipinski definition) is 2. The molecule has 0 fully saturated rings. The standard InChI is InChI=1S/C21H25N5O2/c1-15(2)25(14-16-8-4-3-5-9-16)12-13-26-18-11-7-6-10-17(18)19(20(26)27)23-24-21(22)28/h3-11,15,27H,12-14H2,1-2H3,(H2,22,28). The molecule has 7 nitrogen and oxygen atoms in total. The van der Waals surface area contributed by atoms with Crippen LogP contribution in [0.15, 0.2) is 64.8 Å². The number of rotatable bonds is 7. The normalized spacial score (nSPS) is 11.9. The number of urea groups is 1. The van der Waals surface area contributed by atoms with Crippen molar-refractivity contribution in [3.05, 3.63) is 60.2 Å². The lowest BCUT2D eigenvalue weighted by Gasteiger charge is -2.27. The molecule has 0 aliphatic heterocycles. The first-order valence-corrected chi connectivity index (χ1v) is 9.26. The molecule has 0 saturated heterocycles. The van der Waals surface area contributed by atoms with E-state index in [4.69, 9.17) is 5.73 Å². The van der Waals surface area contributed by atoms with Crippen molar-refractivity contribution < 1.29 is 9.90 Å². The van der Waals surface area contributed by atoms with Crippen molar-refractivity contribution in [2.75, 3.05) is 6.54 Å². The predicted octanol–water partition coefficient (Wildman–Crippen LogP) is 4.42. The largest absolute Gasteiger partial charge is 0.493 e. The van der Waals surface area contributed by atoms with Crippen LogP contribution in [0.1, 0.15) is 19.4 Å². The second kappa shape index (κ2) is 8.67. The number of aromatic nitrogens is 1. The zero-order valence-corrected chi connectivity index (χ0v) is 16.1. The van der Waals surface area contributed by atoms with Crippen LogP contribution < -0.4 is 5.73 Å². The molecule has 0 aliphatic rings. The van der Waals surface area contributed by atoms with Crippen molar-refractivity contribution >= 4 is 22.6 Å². The number of carbonyl (C=O) groups excluding carboxylic acids is 1. The Hall–Kier alpha value is -3.19. The maximum atomic E-state index is 11.0. The van der Waals surface area contributed by atoms with Crippen LogP contribution in [0.4, 0.5) is 10.5 Å². The van der Waals surface area contributed by atoms with Crippen LogP contribution in [0.5, 0.6) is 5.88 Å². The Bertz CT molecular complexity index is 979. The summed E-state index contributed by atoms with van der Waals surface area (Å²) in [4.78, 5) is 13.3. The third-order valence-electron chi connectivity index (χ3n) is 4.74. The topological polar surface area (TPSA) is 96.2 Å².